The molecule has 0 fully saturated rings. The van der Waals surface area contributed by atoms with E-state index >= 15 is 0 Å². The number of unbranched alkanes of at least 4 members (excludes halogenated alkanes) is 25. The molecule has 0 bridgehead atoms. The second-order valence-electron chi connectivity index (χ2n) is 13.9. The van der Waals surface area contributed by atoms with Crippen LogP contribution in [0.1, 0.15) is 219 Å². The van der Waals surface area contributed by atoms with Gasteiger partial charge in [-0.1, -0.05) is 154 Å². The summed E-state index contributed by atoms with van der Waals surface area (Å²) < 4.78 is 0. The summed E-state index contributed by atoms with van der Waals surface area (Å²) in [6.07, 6.45) is 48.6. The Kier molecular flexibility index (Phi) is 36.6. The van der Waals surface area contributed by atoms with Gasteiger partial charge in [-0.05, 0) is 77.0 Å². The van der Waals surface area contributed by atoms with Crippen LogP contribution in [0, 0.1) is 0 Å². The van der Waals surface area contributed by atoms with E-state index in [4.69, 9.17) is 5.73 Å². The average molecular weight is 645 g/mol. The van der Waals surface area contributed by atoms with Crippen LogP contribution in [0.4, 0.5) is 0 Å². The number of rotatable bonds is 37. The van der Waals surface area contributed by atoms with Gasteiger partial charge in [-0.15, -0.1) is 0 Å². The summed E-state index contributed by atoms with van der Waals surface area (Å²) in [6, 6.07) is 0. The molecule has 0 rings (SSSR count). The highest BCUT2D eigenvalue weighted by Gasteiger charge is 2.13. The number of nitrogens with zero attached hydrogens (tertiary/aromatic N) is 1. The van der Waals surface area contributed by atoms with Crippen molar-refractivity contribution in [3.8, 4) is 0 Å². The van der Waals surface area contributed by atoms with E-state index in [2.05, 4.69) is 43.1 Å². The minimum atomic E-state index is -0.266. The molecule has 4 nitrogen and oxygen atoms in total. The lowest BCUT2D eigenvalue weighted by molar-refractivity contribution is -0.131. The molecule has 0 aromatic rings. The number of primary amides is 1. The lowest BCUT2D eigenvalue weighted by Gasteiger charge is -2.23. The van der Waals surface area contributed by atoms with Crippen LogP contribution in [0.3, 0.4) is 0 Å². The Bertz CT molecular complexity index is 660. The maximum atomic E-state index is 13.0. The largest absolute Gasteiger partial charge is 0.370 e. The molecule has 0 aromatic carbocycles. The molecule has 0 saturated heterocycles. The Hall–Kier alpha value is -1.58. The van der Waals surface area contributed by atoms with E-state index in [0.29, 0.717) is 12.8 Å². The standard InChI is InChI=1S/C42H80N2O2/c1-3-5-7-9-11-13-15-17-19-21-23-25-27-29-31-35-39-44(42(46)38-34-33-37-41(43)45)40-36-32-30-28-26-24-22-20-18-16-14-12-10-8-6-4-2/h17-20H,3-16,21-40H2,1-2H3,(H2,43,45)/b19-17-,20-18-. The van der Waals surface area contributed by atoms with Gasteiger partial charge < -0.3 is 10.6 Å². The predicted octanol–water partition coefficient (Wildman–Crippen LogP) is 12.9. The van der Waals surface area contributed by atoms with E-state index in [9.17, 15) is 9.59 Å². The van der Waals surface area contributed by atoms with E-state index in [1.807, 2.05) is 0 Å². The number of allylic oxidation sites excluding steroid dienone is 4. The summed E-state index contributed by atoms with van der Waals surface area (Å²) in [6.45, 7) is 6.34. The Labute approximate surface area is 288 Å². The van der Waals surface area contributed by atoms with Crippen molar-refractivity contribution >= 4 is 11.8 Å². The number of hydrogen-bond acceptors (Lipinski definition) is 2. The Morgan fingerprint density at radius 1 is 0.413 bits per heavy atom. The molecule has 46 heavy (non-hydrogen) atoms. The summed E-state index contributed by atoms with van der Waals surface area (Å²) >= 11 is 0. The van der Waals surface area contributed by atoms with Crippen molar-refractivity contribution in [1.29, 1.82) is 0 Å². The monoisotopic (exact) mass is 645 g/mol. The maximum Gasteiger partial charge on any atom is 0.222 e. The van der Waals surface area contributed by atoms with Gasteiger partial charge in [-0.25, -0.2) is 0 Å². The van der Waals surface area contributed by atoms with Crippen LogP contribution in [-0.2, 0) is 9.59 Å². The fourth-order valence-electron chi connectivity index (χ4n) is 6.20. The van der Waals surface area contributed by atoms with E-state index in [1.165, 1.54) is 167 Å². The van der Waals surface area contributed by atoms with Gasteiger partial charge in [-0.2, -0.15) is 0 Å². The van der Waals surface area contributed by atoms with Crippen molar-refractivity contribution < 1.29 is 9.59 Å². The molecular weight excluding hydrogens is 564 g/mol. The molecule has 0 atom stereocenters. The molecule has 0 aliphatic carbocycles. The van der Waals surface area contributed by atoms with E-state index in [1.54, 1.807) is 0 Å². The van der Waals surface area contributed by atoms with Crippen LogP contribution in [0.25, 0.3) is 0 Å². The second-order valence-corrected chi connectivity index (χ2v) is 13.9. The van der Waals surface area contributed by atoms with Gasteiger partial charge >= 0.3 is 0 Å². The van der Waals surface area contributed by atoms with Gasteiger partial charge in [0.05, 0.1) is 0 Å². The predicted molar refractivity (Wildman–Crippen MR) is 203 cm³/mol. The minimum Gasteiger partial charge on any atom is -0.370 e. The van der Waals surface area contributed by atoms with Crippen molar-refractivity contribution in [2.75, 3.05) is 13.1 Å². The first-order valence-corrected chi connectivity index (χ1v) is 20.5. The summed E-state index contributed by atoms with van der Waals surface area (Å²) in [5.74, 6) is 0.00245. The van der Waals surface area contributed by atoms with Crippen LogP contribution in [0.2, 0.25) is 0 Å². The van der Waals surface area contributed by atoms with Gasteiger partial charge in [0.2, 0.25) is 11.8 Å². The van der Waals surface area contributed by atoms with Gasteiger partial charge in [0.25, 0.3) is 0 Å². The van der Waals surface area contributed by atoms with Crippen LogP contribution in [0.15, 0.2) is 24.3 Å². The van der Waals surface area contributed by atoms with Gasteiger partial charge in [0.1, 0.15) is 0 Å². The van der Waals surface area contributed by atoms with Crippen LogP contribution in [-0.4, -0.2) is 29.8 Å². The zero-order valence-electron chi connectivity index (χ0n) is 31.2. The van der Waals surface area contributed by atoms with E-state index < -0.39 is 0 Å². The van der Waals surface area contributed by atoms with Crippen LogP contribution >= 0.6 is 0 Å². The lowest BCUT2D eigenvalue weighted by atomic mass is 10.1. The highest BCUT2D eigenvalue weighted by molar-refractivity contribution is 5.76. The molecule has 4 heteroatoms. The number of carbonyl (C=O) groups excluding carboxylic acids is 2. The fraction of sp³-hybridized carbons (Fsp3) is 0.857. The third-order valence-corrected chi connectivity index (χ3v) is 9.30. The Morgan fingerprint density at radius 2 is 0.717 bits per heavy atom. The molecule has 0 radical (unpaired) electrons. The van der Waals surface area contributed by atoms with Gasteiger partial charge in [-0.3, -0.25) is 9.59 Å². The van der Waals surface area contributed by atoms with Crippen molar-refractivity contribution in [1.82, 2.24) is 4.90 Å². The smallest absolute Gasteiger partial charge is 0.222 e. The Balaban J connectivity index is 3.97. The molecule has 0 aromatic heterocycles. The fourth-order valence-corrected chi connectivity index (χ4v) is 6.20. The average Bonchev–Trinajstić information content (AvgIpc) is 3.05. The first-order chi connectivity index (χ1) is 22.6. The van der Waals surface area contributed by atoms with E-state index in [0.717, 1.165) is 38.8 Å². The zero-order chi connectivity index (χ0) is 33.6. The van der Waals surface area contributed by atoms with Crippen molar-refractivity contribution in [3.63, 3.8) is 0 Å². The molecule has 2 amide bonds. The molecule has 0 heterocycles. The molecular formula is C42H80N2O2. The topological polar surface area (TPSA) is 63.4 Å². The van der Waals surface area contributed by atoms with E-state index in [-0.39, 0.29) is 11.8 Å². The zero-order valence-corrected chi connectivity index (χ0v) is 31.2. The quantitative estimate of drug-likeness (QED) is 0.0540. The van der Waals surface area contributed by atoms with Crippen molar-refractivity contribution in [2.45, 2.75) is 219 Å². The summed E-state index contributed by atoms with van der Waals surface area (Å²) in [7, 11) is 0. The first kappa shape index (κ1) is 44.4. The maximum absolute atomic E-state index is 13.0. The molecule has 270 valence electrons. The van der Waals surface area contributed by atoms with Crippen molar-refractivity contribution in [3.05, 3.63) is 24.3 Å². The van der Waals surface area contributed by atoms with Crippen LogP contribution < -0.4 is 5.73 Å². The molecule has 2 N–H and O–H groups in total. The number of nitrogens with two attached hydrogens (primary N) is 1. The molecule has 0 spiro atoms. The third-order valence-electron chi connectivity index (χ3n) is 9.30. The van der Waals surface area contributed by atoms with Gasteiger partial charge in [0, 0.05) is 25.9 Å². The van der Waals surface area contributed by atoms with Gasteiger partial charge in [0.15, 0.2) is 0 Å². The number of amides is 2. The first-order valence-electron chi connectivity index (χ1n) is 20.5. The molecule has 0 unspecified atom stereocenters. The highest BCUT2D eigenvalue weighted by Crippen LogP contribution is 2.14. The number of carbonyl (C=O) groups is 2. The molecule has 0 saturated carbocycles. The number of hydrogen-bond donors (Lipinski definition) is 1. The third kappa shape index (κ3) is 35.3. The summed E-state index contributed by atoms with van der Waals surface area (Å²) in [5.41, 5.74) is 5.28. The highest BCUT2D eigenvalue weighted by atomic mass is 16.2. The molecule has 0 aliphatic rings. The van der Waals surface area contributed by atoms with Crippen LogP contribution in [0.5, 0.6) is 0 Å². The molecule has 0 aliphatic heterocycles. The normalized spacial score (nSPS) is 11.7. The lowest BCUT2D eigenvalue weighted by Crippen LogP contribution is -2.32. The SMILES string of the molecule is CCCCCCCC/C=C\CCCCCCCCN(CCCCCCCC/C=C\CCCCCCCC)C(=O)CCCCC(N)=O. The Morgan fingerprint density at radius 3 is 1.07 bits per heavy atom. The summed E-state index contributed by atoms with van der Waals surface area (Å²) in [5, 5.41) is 0. The second kappa shape index (κ2) is 37.9. The minimum absolute atomic E-state index is 0.266. The van der Waals surface area contributed by atoms with Crippen molar-refractivity contribution in [2.24, 2.45) is 5.73 Å². The summed E-state index contributed by atoms with van der Waals surface area (Å²) in [4.78, 5) is 26.1.